The Morgan fingerprint density at radius 2 is 1.92 bits per heavy atom. The van der Waals surface area contributed by atoms with E-state index in [0.29, 0.717) is 0 Å². The number of carbonyl (C=O) groups excluding carboxylic acids is 1. The van der Waals surface area contributed by atoms with Gasteiger partial charge in [0.1, 0.15) is 0 Å². The standard InChI is InChI=1S/C10H13NOS/c1-7(10(11)12)8-3-5-9(13-2)6-4-8/h3-7H,1-2H3,(H2,11,12)/t7-/m1/s1. The van der Waals surface area contributed by atoms with E-state index in [4.69, 9.17) is 5.73 Å². The molecule has 70 valence electrons. The Labute approximate surface area is 82.5 Å². The molecular weight excluding hydrogens is 182 g/mol. The van der Waals surface area contributed by atoms with Crippen LogP contribution in [0.1, 0.15) is 18.4 Å². The number of rotatable bonds is 3. The first-order valence-corrected chi connectivity index (χ1v) is 5.31. The number of carbonyl (C=O) groups is 1. The molecule has 0 spiro atoms. The number of thioether (sulfide) groups is 1. The molecule has 1 atom stereocenters. The minimum Gasteiger partial charge on any atom is -0.369 e. The number of amides is 1. The van der Waals surface area contributed by atoms with Crippen LogP contribution >= 0.6 is 11.8 Å². The highest BCUT2D eigenvalue weighted by molar-refractivity contribution is 7.98. The summed E-state index contributed by atoms with van der Waals surface area (Å²) in [7, 11) is 0. The first-order chi connectivity index (χ1) is 6.15. The molecule has 0 radical (unpaired) electrons. The van der Waals surface area contributed by atoms with E-state index in [9.17, 15) is 4.79 Å². The summed E-state index contributed by atoms with van der Waals surface area (Å²) in [5.41, 5.74) is 6.17. The van der Waals surface area contributed by atoms with Crippen LogP contribution in [0.15, 0.2) is 29.2 Å². The molecule has 1 aromatic carbocycles. The van der Waals surface area contributed by atoms with E-state index in [0.717, 1.165) is 5.56 Å². The number of benzene rings is 1. The molecule has 0 aliphatic rings. The fourth-order valence-corrected chi connectivity index (χ4v) is 1.47. The predicted molar refractivity (Wildman–Crippen MR) is 55.8 cm³/mol. The largest absolute Gasteiger partial charge is 0.369 e. The van der Waals surface area contributed by atoms with Gasteiger partial charge in [0.05, 0.1) is 5.92 Å². The molecule has 1 amide bonds. The average Bonchev–Trinajstić information content (AvgIpc) is 2.17. The van der Waals surface area contributed by atoms with Crippen LogP contribution in [-0.2, 0) is 4.79 Å². The van der Waals surface area contributed by atoms with E-state index in [-0.39, 0.29) is 11.8 Å². The Bertz CT molecular complexity index is 294. The molecule has 0 aliphatic heterocycles. The molecule has 0 bridgehead atoms. The van der Waals surface area contributed by atoms with Gasteiger partial charge in [0.2, 0.25) is 5.91 Å². The molecule has 0 aromatic heterocycles. The molecule has 0 unspecified atom stereocenters. The molecule has 3 heteroatoms. The minimum absolute atomic E-state index is 0.198. The molecule has 0 heterocycles. The van der Waals surface area contributed by atoms with Gasteiger partial charge >= 0.3 is 0 Å². The van der Waals surface area contributed by atoms with E-state index in [2.05, 4.69) is 0 Å². The van der Waals surface area contributed by atoms with Crippen molar-refractivity contribution in [2.24, 2.45) is 5.73 Å². The van der Waals surface area contributed by atoms with Crippen LogP contribution in [0.2, 0.25) is 0 Å². The smallest absolute Gasteiger partial charge is 0.224 e. The molecule has 13 heavy (non-hydrogen) atoms. The monoisotopic (exact) mass is 195 g/mol. The van der Waals surface area contributed by atoms with E-state index >= 15 is 0 Å². The fraction of sp³-hybridized carbons (Fsp3) is 0.300. The Balaban J connectivity index is 2.85. The van der Waals surface area contributed by atoms with Gasteiger partial charge in [-0.25, -0.2) is 0 Å². The van der Waals surface area contributed by atoms with Crippen molar-refractivity contribution >= 4 is 17.7 Å². The van der Waals surface area contributed by atoms with Gasteiger partial charge in [0, 0.05) is 4.90 Å². The van der Waals surface area contributed by atoms with Gasteiger partial charge in [-0.1, -0.05) is 12.1 Å². The Kier molecular flexibility index (Phi) is 3.37. The third-order valence-corrected chi connectivity index (χ3v) is 2.79. The quantitative estimate of drug-likeness (QED) is 0.750. The second-order valence-electron chi connectivity index (χ2n) is 2.90. The van der Waals surface area contributed by atoms with Crippen LogP contribution in [0.4, 0.5) is 0 Å². The summed E-state index contributed by atoms with van der Waals surface area (Å²) < 4.78 is 0. The molecule has 2 N–H and O–H groups in total. The molecule has 0 fully saturated rings. The SMILES string of the molecule is CSc1ccc([C@@H](C)C(N)=O)cc1. The second-order valence-corrected chi connectivity index (χ2v) is 3.78. The van der Waals surface area contributed by atoms with Crippen molar-refractivity contribution in [1.29, 1.82) is 0 Å². The lowest BCUT2D eigenvalue weighted by Crippen LogP contribution is -2.18. The minimum atomic E-state index is -0.281. The number of hydrogen-bond acceptors (Lipinski definition) is 2. The van der Waals surface area contributed by atoms with Crippen molar-refractivity contribution in [3.63, 3.8) is 0 Å². The molecule has 1 rings (SSSR count). The van der Waals surface area contributed by atoms with E-state index in [1.54, 1.807) is 11.8 Å². The Morgan fingerprint density at radius 3 is 2.31 bits per heavy atom. The predicted octanol–water partition coefficient (Wildman–Crippen LogP) is 2.00. The highest BCUT2D eigenvalue weighted by Gasteiger charge is 2.10. The van der Waals surface area contributed by atoms with E-state index in [1.807, 2.05) is 37.4 Å². The maximum atomic E-state index is 10.9. The van der Waals surface area contributed by atoms with Crippen LogP contribution in [0.25, 0.3) is 0 Å². The van der Waals surface area contributed by atoms with Crippen molar-refractivity contribution in [1.82, 2.24) is 0 Å². The maximum absolute atomic E-state index is 10.9. The zero-order valence-corrected chi connectivity index (χ0v) is 8.60. The van der Waals surface area contributed by atoms with Crippen LogP contribution in [-0.4, -0.2) is 12.2 Å². The van der Waals surface area contributed by atoms with Crippen molar-refractivity contribution in [2.45, 2.75) is 17.7 Å². The lowest BCUT2D eigenvalue weighted by atomic mass is 10.0. The zero-order valence-electron chi connectivity index (χ0n) is 7.78. The molecular formula is C10H13NOS. The van der Waals surface area contributed by atoms with Gasteiger partial charge in [0.25, 0.3) is 0 Å². The van der Waals surface area contributed by atoms with Gasteiger partial charge in [-0.2, -0.15) is 0 Å². The second kappa shape index (κ2) is 4.33. The summed E-state index contributed by atoms with van der Waals surface area (Å²) in [6.45, 7) is 1.82. The van der Waals surface area contributed by atoms with Crippen LogP contribution in [0, 0.1) is 0 Å². The molecule has 1 aromatic rings. The van der Waals surface area contributed by atoms with Gasteiger partial charge in [0.15, 0.2) is 0 Å². The molecule has 0 saturated heterocycles. The zero-order chi connectivity index (χ0) is 9.84. The summed E-state index contributed by atoms with van der Waals surface area (Å²) in [6.07, 6.45) is 2.02. The fourth-order valence-electron chi connectivity index (χ4n) is 1.06. The van der Waals surface area contributed by atoms with Gasteiger partial charge in [-0.15, -0.1) is 11.8 Å². The normalized spacial score (nSPS) is 12.5. The third kappa shape index (κ3) is 2.49. The van der Waals surface area contributed by atoms with Crippen LogP contribution in [0.5, 0.6) is 0 Å². The summed E-state index contributed by atoms with van der Waals surface area (Å²) >= 11 is 1.68. The van der Waals surface area contributed by atoms with Crippen molar-refractivity contribution < 1.29 is 4.79 Å². The molecule has 2 nitrogen and oxygen atoms in total. The number of nitrogens with two attached hydrogens (primary N) is 1. The summed E-state index contributed by atoms with van der Waals surface area (Å²) in [6, 6.07) is 7.89. The number of primary amides is 1. The molecule has 0 saturated carbocycles. The van der Waals surface area contributed by atoms with Crippen molar-refractivity contribution in [3.8, 4) is 0 Å². The third-order valence-electron chi connectivity index (χ3n) is 2.04. The van der Waals surface area contributed by atoms with Gasteiger partial charge < -0.3 is 5.73 Å². The van der Waals surface area contributed by atoms with Gasteiger partial charge in [-0.3, -0.25) is 4.79 Å². The van der Waals surface area contributed by atoms with Gasteiger partial charge in [-0.05, 0) is 30.9 Å². The average molecular weight is 195 g/mol. The van der Waals surface area contributed by atoms with E-state index in [1.165, 1.54) is 4.90 Å². The van der Waals surface area contributed by atoms with Crippen molar-refractivity contribution in [3.05, 3.63) is 29.8 Å². The van der Waals surface area contributed by atoms with Crippen LogP contribution < -0.4 is 5.73 Å². The highest BCUT2D eigenvalue weighted by Crippen LogP contribution is 2.19. The first kappa shape index (κ1) is 10.1. The summed E-state index contributed by atoms with van der Waals surface area (Å²) in [5, 5.41) is 0. The summed E-state index contributed by atoms with van der Waals surface area (Å²) in [5.74, 6) is -0.479. The first-order valence-electron chi connectivity index (χ1n) is 4.08. The maximum Gasteiger partial charge on any atom is 0.224 e. The topological polar surface area (TPSA) is 43.1 Å². The Hall–Kier alpha value is -0.960. The lowest BCUT2D eigenvalue weighted by molar-refractivity contribution is -0.119. The van der Waals surface area contributed by atoms with Crippen molar-refractivity contribution in [2.75, 3.05) is 6.26 Å². The Morgan fingerprint density at radius 1 is 1.38 bits per heavy atom. The highest BCUT2D eigenvalue weighted by atomic mass is 32.2. The molecule has 0 aliphatic carbocycles. The summed E-state index contributed by atoms with van der Waals surface area (Å²) in [4.78, 5) is 12.1. The lowest BCUT2D eigenvalue weighted by Gasteiger charge is -2.07. The number of hydrogen-bond donors (Lipinski definition) is 1. The van der Waals surface area contributed by atoms with E-state index < -0.39 is 0 Å². The van der Waals surface area contributed by atoms with Crippen LogP contribution in [0.3, 0.4) is 0 Å².